The average Bonchev–Trinajstić information content (AvgIpc) is 2.32. The second-order valence-electron chi connectivity index (χ2n) is 3.45. The Hall–Kier alpha value is -1.37. The number of nitrogens with one attached hydrogen (secondary N) is 1. The van der Waals surface area contributed by atoms with E-state index in [4.69, 9.17) is 33.0 Å². The monoisotopic (exact) mass is 309 g/mol. The van der Waals surface area contributed by atoms with Gasteiger partial charge in [0, 0.05) is 6.54 Å². The zero-order valence-electron chi connectivity index (χ0n) is 9.58. The summed E-state index contributed by atoms with van der Waals surface area (Å²) in [6, 6.07) is 2.06. The third-order valence-corrected chi connectivity index (χ3v) is 2.61. The first-order valence-electron chi connectivity index (χ1n) is 5.14. The minimum Gasteiger partial charge on any atom is -0.480 e. The fourth-order valence-electron chi connectivity index (χ4n) is 1.19. The number of carbonyl (C=O) groups is 2. The Morgan fingerprint density at radius 2 is 2.00 bits per heavy atom. The molecule has 0 fully saturated rings. The van der Waals surface area contributed by atoms with Crippen LogP contribution >= 0.6 is 23.2 Å². The third kappa shape index (κ3) is 5.02. The molecule has 0 aliphatic heterocycles. The van der Waals surface area contributed by atoms with E-state index in [0.717, 1.165) is 12.1 Å². The van der Waals surface area contributed by atoms with Crippen molar-refractivity contribution in [2.75, 3.05) is 19.8 Å². The molecule has 1 aromatic rings. The molecule has 5 nitrogen and oxygen atoms in total. The number of aliphatic carboxylic acids is 1. The molecule has 0 heterocycles. The van der Waals surface area contributed by atoms with Crippen LogP contribution in [-0.2, 0) is 9.53 Å². The molecule has 1 rings (SSSR count). The molecule has 0 aromatic heterocycles. The Kier molecular flexibility index (Phi) is 6.01. The van der Waals surface area contributed by atoms with Crippen LogP contribution in [0.25, 0.3) is 0 Å². The highest BCUT2D eigenvalue weighted by molar-refractivity contribution is 6.36. The van der Waals surface area contributed by atoms with Gasteiger partial charge in [0.1, 0.15) is 12.4 Å². The van der Waals surface area contributed by atoms with Gasteiger partial charge >= 0.3 is 5.97 Å². The van der Waals surface area contributed by atoms with Crippen LogP contribution in [0.4, 0.5) is 4.39 Å². The number of benzene rings is 1. The van der Waals surface area contributed by atoms with Gasteiger partial charge in [-0.2, -0.15) is 0 Å². The van der Waals surface area contributed by atoms with Gasteiger partial charge < -0.3 is 15.2 Å². The summed E-state index contributed by atoms with van der Waals surface area (Å²) in [5.74, 6) is -2.45. The van der Waals surface area contributed by atoms with Crippen molar-refractivity contribution in [3.05, 3.63) is 33.6 Å². The molecule has 0 saturated heterocycles. The van der Waals surface area contributed by atoms with Gasteiger partial charge in [0.2, 0.25) is 0 Å². The topological polar surface area (TPSA) is 75.6 Å². The van der Waals surface area contributed by atoms with Crippen molar-refractivity contribution in [1.82, 2.24) is 5.32 Å². The summed E-state index contributed by atoms with van der Waals surface area (Å²) in [7, 11) is 0. The molecular formula is C11H10Cl2FNO4. The first-order chi connectivity index (χ1) is 8.91. The van der Waals surface area contributed by atoms with Crippen LogP contribution in [0.15, 0.2) is 12.1 Å². The summed E-state index contributed by atoms with van der Waals surface area (Å²) in [6.45, 7) is -0.357. The van der Waals surface area contributed by atoms with Crippen LogP contribution in [0.3, 0.4) is 0 Å². The number of hydrogen-bond acceptors (Lipinski definition) is 3. The fraction of sp³-hybridized carbons (Fsp3) is 0.273. The summed E-state index contributed by atoms with van der Waals surface area (Å²) in [6.07, 6.45) is 0. The SMILES string of the molecule is O=C(O)COCCNC(=O)c1cc(F)c(Cl)cc1Cl. The quantitative estimate of drug-likeness (QED) is 0.622. The Balaban J connectivity index is 2.50. The standard InChI is InChI=1S/C11H10Cl2FNO4/c12-7-4-8(13)9(14)3-6(7)11(18)15-1-2-19-5-10(16)17/h3-4H,1-2,5H2,(H,15,18)(H,16,17). The molecule has 8 heteroatoms. The first kappa shape index (κ1) is 15.7. The number of rotatable bonds is 6. The van der Waals surface area contributed by atoms with Crippen LogP contribution in [0, 0.1) is 5.82 Å². The van der Waals surface area contributed by atoms with E-state index < -0.39 is 24.3 Å². The second kappa shape index (κ2) is 7.28. The van der Waals surface area contributed by atoms with E-state index in [1.54, 1.807) is 0 Å². The van der Waals surface area contributed by atoms with E-state index in [2.05, 4.69) is 5.32 Å². The lowest BCUT2D eigenvalue weighted by Crippen LogP contribution is -2.28. The van der Waals surface area contributed by atoms with Gasteiger partial charge in [-0.3, -0.25) is 4.79 Å². The summed E-state index contributed by atoms with van der Waals surface area (Å²) >= 11 is 11.3. The maximum atomic E-state index is 13.2. The van der Waals surface area contributed by atoms with E-state index >= 15 is 0 Å². The third-order valence-electron chi connectivity index (χ3n) is 2.01. The average molecular weight is 310 g/mol. The predicted octanol–water partition coefficient (Wildman–Crippen LogP) is 1.96. The van der Waals surface area contributed by atoms with Gasteiger partial charge in [-0.15, -0.1) is 0 Å². The van der Waals surface area contributed by atoms with Crippen LogP contribution in [-0.4, -0.2) is 36.7 Å². The highest BCUT2D eigenvalue weighted by Crippen LogP contribution is 2.24. The van der Waals surface area contributed by atoms with E-state index in [0.29, 0.717) is 0 Å². The molecular weight excluding hydrogens is 300 g/mol. The summed E-state index contributed by atoms with van der Waals surface area (Å²) in [5.41, 5.74) is -0.0539. The van der Waals surface area contributed by atoms with E-state index in [1.165, 1.54) is 0 Å². The van der Waals surface area contributed by atoms with Crippen molar-refractivity contribution in [2.45, 2.75) is 0 Å². The number of carboxylic acids is 1. The summed E-state index contributed by atoms with van der Waals surface area (Å²) < 4.78 is 17.9. The second-order valence-corrected chi connectivity index (χ2v) is 4.26. The van der Waals surface area contributed by atoms with Crippen LogP contribution < -0.4 is 5.32 Å². The van der Waals surface area contributed by atoms with Gasteiger partial charge in [-0.1, -0.05) is 23.2 Å². The van der Waals surface area contributed by atoms with Crippen molar-refractivity contribution < 1.29 is 23.8 Å². The molecule has 19 heavy (non-hydrogen) atoms. The molecule has 0 aliphatic rings. The van der Waals surface area contributed by atoms with E-state index in [-0.39, 0.29) is 28.8 Å². The lowest BCUT2D eigenvalue weighted by atomic mass is 10.2. The Morgan fingerprint density at radius 1 is 1.32 bits per heavy atom. The van der Waals surface area contributed by atoms with Gasteiger partial charge in [0.05, 0.1) is 22.2 Å². The van der Waals surface area contributed by atoms with Crippen LogP contribution in [0.2, 0.25) is 10.0 Å². The predicted molar refractivity (Wildman–Crippen MR) is 67.2 cm³/mol. The molecule has 0 atom stereocenters. The van der Waals surface area contributed by atoms with E-state index in [1.807, 2.05) is 0 Å². The van der Waals surface area contributed by atoms with Gasteiger partial charge in [-0.05, 0) is 12.1 Å². The highest BCUT2D eigenvalue weighted by Gasteiger charge is 2.13. The molecule has 0 unspecified atom stereocenters. The van der Waals surface area contributed by atoms with Crippen molar-refractivity contribution >= 4 is 35.1 Å². The smallest absolute Gasteiger partial charge is 0.329 e. The minimum absolute atomic E-state index is 0.0196. The van der Waals surface area contributed by atoms with Gasteiger partial charge in [-0.25, -0.2) is 9.18 Å². The molecule has 0 aliphatic carbocycles. The minimum atomic E-state index is -1.10. The Bertz CT molecular complexity index is 496. The van der Waals surface area contributed by atoms with Crippen LogP contribution in [0.5, 0.6) is 0 Å². The van der Waals surface area contributed by atoms with Crippen molar-refractivity contribution in [3.8, 4) is 0 Å². The lowest BCUT2D eigenvalue weighted by Gasteiger charge is -2.07. The highest BCUT2D eigenvalue weighted by atomic mass is 35.5. The van der Waals surface area contributed by atoms with Gasteiger partial charge in [0.15, 0.2) is 0 Å². The number of carbonyl (C=O) groups excluding carboxylic acids is 1. The molecule has 2 N–H and O–H groups in total. The normalized spacial score (nSPS) is 10.3. The molecule has 1 amide bonds. The zero-order chi connectivity index (χ0) is 14.4. The fourth-order valence-corrected chi connectivity index (χ4v) is 1.66. The molecule has 1 aromatic carbocycles. The summed E-state index contributed by atoms with van der Waals surface area (Å²) in [5, 5.41) is 10.6. The Morgan fingerprint density at radius 3 is 2.63 bits per heavy atom. The van der Waals surface area contributed by atoms with Crippen molar-refractivity contribution in [2.24, 2.45) is 0 Å². The number of ether oxygens (including phenoxy) is 1. The largest absolute Gasteiger partial charge is 0.480 e. The maximum absolute atomic E-state index is 13.2. The molecule has 0 saturated carbocycles. The molecule has 104 valence electrons. The maximum Gasteiger partial charge on any atom is 0.329 e. The number of carboxylic acid groups (broad SMARTS) is 1. The molecule has 0 radical (unpaired) electrons. The van der Waals surface area contributed by atoms with Gasteiger partial charge in [0.25, 0.3) is 5.91 Å². The molecule has 0 bridgehead atoms. The van der Waals surface area contributed by atoms with Crippen molar-refractivity contribution in [1.29, 1.82) is 0 Å². The number of hydrogen-bond donors (Lipinski definition) is 2. The summed E-state index contributed by atoms with van der Waals surface area (Å²) in [4.78, 5) is 21.8. The zero-order valence-corrected chi connectivity index (χ0v) is 11.1. The first-order valence-corrected chi connectivity index (χ1v) is 5.89. The number of amides is 1. The van der Waals surface area contributed by atoms with Crippen LogP contribution in [0.1, 0.15) is 10.4 Å². The van der Waals surface area contributed by atoms with E-state index in [9.17, 15) is 14.0 Å². The van der Waals surface area contributed by atoms with Crippen molar-refractivity contribution in [3.63, 3.8) is 0 Å². The lowest BCUT2D eigenvalue weighted by molar-refractivity contribution is -0.142. The Labute approximate surface area is 118 Å². The number of halogens is 3. The molecule has 0 spiro atoms.